The van der Waals surface area contributed by atoms with E-state index in [2.05, 4.69) is 15.3 Å². The van der Waals surface area contributed by atoms with Gasteiger partial charge in [-0.25, -0.2) is 9.37 Å². The summed E-state index contributed by atoms with van der Waals surface area (Å²) in [5.74, 6) is 0.0879. The number of hydrogen-bond donors (Lipinski definition) is 1. The second kappa shape index (κ2) is 5.75. The van der Waals surface area contributed by atoms with Crippen LogP contribution in [0.1, 0.15) is 16.8 Å². The first-order valence-electron chi connectivity index (χ1n) is 6.01. The monoisotopic (exact) mass is 261 g/mol. The van der Waals surface area contributed by atoms with Crippen LogP contribution in [0.5, 0.6) is 11.8 Å². The minimum atomic E-state index is -0.305. The van der Waals surface area contributed by atoms with E-state index in [1.807, 2.05) is 14.0 Å². The van der Waals surface area contributed by atoms with Gasteiger partial charge in [0.15, 0.2) is 0 Å². The van der Waals surface area contributed by atoms with Gasteiger partial charge < -0.3 is 10.1 Å². The average Bonchev–Trinajstić information content (AvgIpc) is 2.37. The topological polar surface area (TPSA) is 47.0 Å². The molecule has 0 atom stereocenters. The van der Waals surface area contributed by atoms with Crippen LogP contribution in [-0.4, -0.2) is 17.0 Å². The van der Waals surface area contributed by atoms with Crippen molar-refractivity contribution in [2.75, 3.05) is 7.05 Å². The molecule has 19 heavy (non-hydrogen) atoms. The highest BCUT2D eigenvalue weighted by Crippen LogP contribution is 2.21. The third-order valence-electron chi connectivity index (χ3n) is 2.78. The molecule has 2 rings (SSSR count). The average molecular weight is 261 g/mol. The molecular formula is C14H16FN3O. The van der Waals surface area contributed by atoms with Crippen LogP contribution >= 0.6 is 0 Å². The van der Waals surface area contributed by atoms with E-state index >= 15 is 0 Å². The zero-order chi connectivity index (χ0) is 13.8. The summed E-state index contributed by atoms with van der Waals surface area (Å²) < 4.78 is 18.8. The first kappa shape index (κ1) is 13.4. The van der Waals surface area contributed by atoms with E-state index in [0.717, 1.165) is 11.3 Å². The lowest BCUT2D eigenvalue weighted by atomic mass is 10.2. The van der Waals surface area contributed by atoms with E-state index in [1.54, 1.807) is 25.3 Å². The maximum atomic E-state index is 13.4. The number of hydrogen-bond acceptors (Lipinski definition) is 4. The first-order chi connectivity index (χ1) is 9.10. The molecule has 1 aromatic carbocycles. The van der Waals surface area contributed by atoms with Crippen molar-refractivity contribution in [3.05, 3.63) is 47.0 Å². The van der Waals surface area contributed by atoms with Gasteiger partial charge in [0.05, 0.1) is 0 Å². The zero-order valence-corrected chi connectivity index (χ0v) is 11.2. The maximum Gasteiger partial charge on any atom is 0.322 e. The first-order valence-corrected chi connectivity index (χ1v) is 6.01. The van der Waals surface area contributed by atoms with E-state index in [9.17, 15) is 4.39 Å². The number of ether oxygens (including phenoxy) is 1. The van der Waals surface area contributed by atoms with Crippen LogP contribution in [0.15, 0.2) is 24.4 Å². The van der Waals surface area contributed by atoms with Crippen LogP contribution in [0, 0.1) is 19.7 Å². The standard InChI is InChI=1S/C14H16FN3O/c1-9-4-5-12(6-13(9)15)19-14-17-8-11(7-16-3)10(2)18-14/h4-6,8,16H,7H2,1-3H3. The summed E-state index contributed by atoms with van der Waals surface area (Å²) in [7, 11) is 1.86. The van der Waals surface area contributed by atoms with Crippen LogP contribution in [0.2, 0.25) is 0 Å². The van der Waals surface area contributed by atoms with Crippen LogP contribution in [0.25, 0.3) is 0 Å². The van der Waals surface area contributed by atoms with Gasteiger partial charge in [-0.05, 0) is 32.5 Å². The summed E-state index contributed by atoms with van der Waals surface area (Å²) in [6.45, 7) is 4.29. The second-order valence-electron chi connectivity index (χ2n) is 4.31. The van der Waals surface area contributed by atoms with E-state index in [1.165, 1.54) is 6.07 Å². The molecule has 4 nitrogen and oxygen atoms in total. The highest BCUT2D eigenvalue weighted by atomic mass is 19.1. The molecule has 0 aliphatic heterocycles. The summed E-state index contributed by atoms with van der Waals surface area (Å²) in [6.07, 6.45) is 1.71. The van der Waals surface area contributed by atoms with Crippen molar-refractivity contribution in [2.45, 2.75) is 20.4 Å². The molecule has 0 amide bonds. The van der Waals surface area contributed by atoms with Gasteiger partial charge in [0, 0.05) is 30.1 Å². The SMILES string of the molecule is CNCc1cnc(Oc2ccc(C)c(F)c2)nc1C. The number of benzene rings is 1. The summed E-state index contributed by atoms with van der Waals surface area (Å²) in [4.78, 5) is 8.35. The zero-order valence-electron chi connectivity index (χ0n) is 11.2. The van der Waals surface area contributed by atoms with Gasteiger partial charge in [-0.1, -0.05) is 6.07 Å². The Balaban J connectivity index is 2.19. The predicted molar refractivity (Wildman–Crippen MR) is 70.7 cm³/mol. The number of aryl methyl sites for hydroxylation is 2. The Morgan fingerprint density at radius 3 is 2.74 bits per heavy atom. The Morgan fingerprint density at radius 2 is 2.11 bits per heavy atom. The second-order valence-corrected chi connectivity index (χ2v) is 4.31. The van der Waals surface area contributed by atoms with Crippen molar-refractivity contribution < 1.29 is 9.13 Å². The van der Waals surface area contributed by atoms with Gasteiger partial charge in [0.1, 0.15) is 11.6 Å². The minimum absolute atomic E-state index is 0.223. The Bertz CT molecular complexity index is 587. The van der Waals surface area contributed by atoms with Crippen molar-refractivity contribution >= 4 is 0 Å². The molecule has 100 valence electrons. The number of rotatable bonds is 4. The normalized spacial score (nSPS) is 10.5. The molecule has 2 aromatic rings. The van der Waals surface area contributed by atoms with Crippen molar-refractivity contribution in [2.24, 2.45) is 0 Å². The number of aromatic nitrogens is 2. The Morgan fingerprint density at radius 1 is 1.32 bits per heavy atom. The van der Waals surface area contributed by atoms with Crippen molar-refractivity contribution in [3.63, 3.8) is 0 Å². The van der Waals surface area contributed by atoms with Gasteiger partial charge in [-0.2, -0.15) is 4.98 Å². The molecule has 5 heteroatoms. The summed E-state index contributed by atoms with van der Waals surface area (Å²) >= 11 is 0. The molecule has 0 spiro atoms. The van der Waals surface area contributed by atoms with Gasteiger partial charge in [0.25, 0.3) is 0 Å². The molecule has 0 aliphatic carbocycles. The molecule has 0 aliphatic rings. The van der Waals surface area contributed by atoms with Crippen LogP contribution in [-0.2, 0) is 6.54 Å². The van der Waals surface area contributed by atoms with Gasteiger partial charge in [-0.3, -0.25) is 0 Å². The Kier molecular flexibility index (Phi) is 4.06. The molecule has 0 saturated heterocycles. The summed E-state index contributed by atoms with van der Waals surface area (Å²) in [5.41, 5.74) is 2.42. The molecule has 0 unspecified atom stereocenters. The smallest absolute Gasteiger partial charge is 0.322 e. The fourth-order valence-corrected chi connectivity index (χ4v) is 1.63. The van der Waals surface area contributed by atoms with Crippen molar-refractivity contribution in [3.8, 4) is 11.8 Å². The molecule has 0 saturated carbocycles. The van der Waals surface area contributed by atoms with E-state index in [-0.39, 0.29) is 11.8 Å². The van der Waals surface area contributed by atoms with Gasteiger partial charge in [-0.15, -0.1) is 0 Å². The molecule has 0 fully saturated rings. The molecule has 0 radical (unpaired) electrons. The van der Waals surface area contributed by atoms with Crippen molar-refractivity contribution in [1.82, 2.24) is 15.3 Å². The number of nitrogens with zero attached hydrogens (tertiary/aromatic N) is 2. The quantitative estimate of drug-likeness (QED) is 0.919. The molecule has 1 heterocycles. The predicted octanol–water partition coefficient (Wildman–Crippen LogP) is 2.74. The number of halogens is 1. The largest absolute Gasteiger partial charge is 0.424 e. The summed E-state index contributed by atoms with van der Waals surface area (Å²) in [6, 6.07) is 4.90. The van der Waals surface area contributed by atoms with Gasteiger partial charge in [0.2, 0.25) is 0 Å². The van der Waals surface area contributed by atoms with E-state index < -0.39 is 0 Å². The van der Waals surface area contributed by atoms with E-state index in [4.69, 9.17) is 4.74 Å². The van der Waals surface area contributed by atoms with Crippen LogP contribution < -0.4 is 10.1 Å². The Hall–Kier alpha value is -2.01. The fraction of sp³-hybridized carbons (Fsp3) is 0.286. The lowest BCUT2D eigenvalue weighted by Gasteiger charge is -2.08. The lowest BCUT2D eigenvalue weighted by molar-refractivity contribution is 0.435. The highest BCUT2D eigenvalue weighted by molar-refractivity contribution is 5.30. The van der Waals surface area contributed by atoms with Crippen LogP contribution in [0.4, 0.5) is 4.39 Å². The fourth-order valence-electron chi connectivity index (χ4n) is 1.63. The number of nitrogens with one attached hydrogen (secondary N) is 1. The van der Waals surface area contributed by atoms with Crippen LogP contribution in [0.3, 0.4) is 0 Å². The summed E-state index contributed by atoms with van der Waals surface area (Å²) in [5, 5.41) is 3.04. The molecular weight excluding hydrogens is 245 g/mol. The minimum Gasteiger partial charge on any atom is -0.424 e. The third kappa shape index (κ3) is 3.26. The molecule has 0 bridgehead atoms. The van der Waals surface area contributed by atoms with E-state index in [0.29, 0.717) is 17.9 Å². The maximum absolute atomic E-state index is 13.4. The molecule has 1 N–H and O–H groups in total. The molecule has 1 aromatic heterocycles. The third-order valence-corrected chi connectivity index (χ3v) is 2.78. The highest BCUT2D eigenvalue weighted by Gasteiger charge is 2.06. The lowest BCUT2D eigenvalue weighted by Crippen LogP contribution is -2.08. The van der Waals surface area contributed by atoms with Crippen molar-refractivity contribution in [1.29, 1.82) is 0 Å². The van der Waals surface area contributed by atoms with Gasteiger partial charge >= 0.3 is 6.01 Å². The Labute approximate surface area is 111 Å².